The predicted molar refractivity (Wildman–Crippen MR) is 69.6 cm³/mol. The van der Waals surface area contributed by atoms with Crippen LogP contribution in [0.2, 0.25) is 0 Å². The fraction of sp³-hybridized carbons (Fsp3) is 0.800. The zero-order valence-corrected chi connectivity index (χ0v) is 11.7. The minimum atomic E-state index is 0.866. The molecule has 0 rings (SSSR count). The third kappa shape index (κ3) is 3.29. The van der Waals surface area contributed by atoms with Crippen LogP contribution in [-0.4, -0.2) is 88.1 Å². The Morgan fingerprint density at radius 2 is 0.875 bits per heavy atom. The lowest BCUT2D eigenvalue weighted by Gasteiger charge is -2.37. The quantitative estimate of drug-likeness (QED) is 0.328. The number of nitrogens with zero attached hydrogens (tertiary/aromatic N) is 6. The van der Waals surface area contributed by atoms with E-state index in [9.17, 15) is 0 Å². The summed E-state index contributed by atoms with van der Waals surface area (Å²) in [6, 6.07) is 0. The summed E-state index contributed by atoms with van der Waals surface area (Å²) in [7, 11) is 15.3. The molecule has 6 heteroatoms. The molecule has 0 radical (unpaired) electrons. The Labute approximate surface area is 98.8 Å². The normalized spacial score (nSPS) is 12.5. The molecule has 0 amide bonds. The molecule has 0 unspecified atom stereocenters. The third-order valence-corrected chi connectivity index (χ3v) is 2.23. The van der Waals surface area contributed by atoms with E-state index in [4.69, 9.17) is 0 Å². The van der Waals surface area contributed by atoms with Gasteiger partial charge in [0.05, 0.1) is 0 Å². The summed E-state index contributed by atoms with van der Waals surface area (Å²) in [5, 5.41) is 3.89. The van der Waals surface area contributed by atoms with Crippen molar-refractivity contribution in [2.45, 2.75) is 0 Å². The fourth-order valence-electron chi connectivity index (χ4n) is 1.54. The van der Waals surface area contributed by atoms with Gasteiger partial charge in [0, 0.05) is 56.4 Å². The average molecular weight is 228 g/mol. The summed E-state index contributed by atoms with van der Waals surface area (Å²) in [6.45, 7) is 0. The predicted octanol–water partition coefficient (Wildman–Crippen LogP) is -0.140. The number of hydrogen-bond donors (Lipinski definition) is 0. The van der Waals surface area contributed by atoms with E-state index in [0.717, 1.165) is 11.9 Å². The van der Waals surface area contributed by atoms with Gasteiger partial charge in [0.2, 0.25) is 11.9 Å². The molecule has 0 fully saturated rings. The molecule has 6 nitrogen and oxygen atoms in total. The smallest absolute Gasteiger partial charge is 0.214 e. The number of rotatable bonds is 0. The van der Waals surface area contributed by atoms with Crippen LogP contribution in [0.3, 0.4) is 0 Å². The molecule has 0 bridgehead atoms. The molecule has 0 aromatic carbocycles. The highest BCUT2D eigenvalue weighted by Gasteiger charge is 2.17. The summed E-state index contributed by atoms with van der Waals surface area (Å²) >= 11 is 0. The highest BCUT2D eigenvalue weighted by Crippen LogP contribution is 2.00. The molecule has 16 heavy (non-hydrogen) atoms. The van der Waals surface area contributed by atoms with E-state index < -0.39 is 0 Å². The van der Waals surface area contributed by atoms with Crippen molar-refractivity contribution in [1.82, 2.24) is 19.8 Å². The average Bonchev–Trinajstić information content (AvgIpc) is 2.18. The summed E-state index contributed by atoms with van der Waals surface area (Å²) in [5.41, 5.74) is 0. The van der Waals surface area contributed by atoms with Gasteiger partial charge in [-0.15, -0.1) is 0 Å². The van der Waals surface area contributed by atoms with Crippen molar-refractivity contribution >= 4 is 11.9 Å². The Bertz CT molecular complexity index is 240. The first kappa shape index (κ1) is 14.5. The van der Waals surface area contributed by atoms with E-state index in [1.165, 1.54) is 0 Å². The van der Waals surface area contributed by atoms with Gasteiger partial charge in [-0.25, -0.2) is 0 Å². The SMILES string of the molecule is CN=C(N(C)C)N(C)N(C)C(=NC)N(C)C. The van der Waals surface area contributed by atoms with Gasteiger partial charge in [-0.05, 0) is 0 Å². The second-order valence-corrected chi connectivity index (χ2v) is 3.88. The van der Waals surface area contributed by atoms with Crippen LogP contribution in [0.25, 0.3) is 0 Å². The first-order chi connectivity index (χ1) is 7.36. The van der Waals surface area contributed by atoms with Crippen LogP contribution in [-0.2, 0) is 0 Å². The van der Waals surface area contributed by atoms with Crippen molar-refractivity contribution in [2.75, 3.05) is 56.4 Å². The number of aliphatic imine (C=N–C) groups is 2. The zero-order valence-electron chi connectivity index (χ0n) is 11.7. The van der Waals surface area contributed by atoms with Crippen LogP contribution < -0.4 is 0 Å². The van der Waals surface area contributed by atoms with Crippen molar-refractivity contribution in [3.05, 3.63) is 0 Å². The molecular weight excluding hydrogens is 204 g/mol. The molecular formula is C10H24N6. The first-order valence-electron chi connectivity index (χ1n) is 5.12. The fourth-order valence-corrected chi connectivity index (χ4v) is 1.54. The maximum Gasteiger partial charge on any atom is 0.214 e. The molecule has 0 N–H and O–H groups in total. The molecule has 0 spiro atoms. The Kier molecular flexibility index (Phi) is 5.63. The van der Waals surface area contributed by atoms with Crippen LogP contribution >= 0.6 is 0 Å². The topological polar surface area (TPSA) is 37.7 Å². The Morgan fingerprint density at radius 1 is 0.625 bits per heavy atom. The van der Waals surface area contributed by atoms with Gasteiger partial charge < -0.3 is 9.80 Å². The summed E-state index contributed by atoms with van der Waals surface area (Å²) in [4.78, 5) is 12.4. The minimum absolute atomic E-state index is 0.866. The van der Waals surface area contributed by atoms with Gasteiger partial charge in [-0.3, -0.25) is 20.0 Å². The lowest BCUT2D eigenvalue weighted by atomic mass is 10.7. The standard InChI is InChI=1S/C10H24N6/c1-11-9(13(3)4)15(7)16(8)10(12-2)14(5)6/h1-8H3. The molecule has 0 heterocycles. The second kappa shape index (κ2) is 6.19. The van der Waals surface area contributed by atoms with Crippen molar-refractivity contribution in [1.29, 1.82) is 0 Å². The summed E-state index contributed by atoms with van der Waals surface area (Å²) in [6.07, 6.45) is 0. The first-order valence-corrected chi connectivity index (χ1v) is 5.12. The molecule has 0 aliphatic rings. The maximum absolute atomic E-state index is 4.24. The van der Waals surface area contributed by atoms with Crippen LogP contribution in [0.1, 0.15) is 0 Å². The van der Waals surface area contributed by atoms with E-state index in [0.29, 0.717) is 0 Å². The van der Waals surface area contributed by atoms with Gasteiger partial charge >= 0.3 is 0 Å². The Balaban J connectivity index is 4.92. The van der Waals surface area contributed by atoms with Gasteiger partial charge in [0.1, 0.15) is 0 Å². The molecule has 0 aliphatic carbocycles. The molecule has 0 atom stereocenters. The van der Waals surface area contributed by atoms with Crippen molar-refractivity contribution in [3.63, 3.8) is 0 Å². The Morgan fingerprint density at radius 3 is 1.00 bits per heavy atom. The molecule has 0 aromatic heterocycles. The van der Waals surface area contributed by atoms with Gasteiger partial charge in [0.25, 0.3) is 0 Å². The van der Waals surface area contributed by atoms with Crippen LogP contribution in [0.4, 0.5) is 0 Å². The monoisotopic (exact) mass is 228 g/mol. The minimum Gasteiger partial charge on any atom is -0.348 e. The molecule has 0 aromatic rings. The lowest BCUT2D eigenvalue weighted by Crippen LogP contribution is -2.53. The second-order valence-electron chi connectivity index (χ2n) is 3.88. The van der Waals surface area contributed by atoms with E-state index in [1.807, 2.05) is 62.1 Å². The van der Waals surface area contributed by atoms with E-state index in [1.54, 1.807) is 14.1 Å². The van der Waals surface area contributed by atoms with Crippen molar-refractivity contribution < 1.29 is 0 Å². The summed E-state index contributed by atoms with van der Waals surface area (Å²) < 4.78 is 0. The molecule has 94 valence electrons. The van der Waals surface area contributed by atoms with E-state index in [-0.39, 0.29) is 0 Å². The lowest BCUT2D eigenvalue weighted by molar-refractivity contribution is 0.165. The number of guanidine groups is 2. The van der Waals surface area contributed by atoms with E-state index in [2.05, 4.69) is 9.98 Å². The molecule has 0 saturated heterocycles. The van der Waals surface area contributed by atoms with Crippen LogP contribution in [0.5, 0.6) is 0 Å². The molecule has 0 saturated carbocycles. The summed E-state index contributed by atoms with van der Waals surface area (Å²) in [5.74, 6) is 1.73. The zero-order chi connectivity index (χ0) is 12.9. The van der Waals surface area contributed by atoms with Crippen molar-refractivity contribution in [2.24, 2.45) is 9.98 Å². The molecule has 0 aliphatic heterocycles. The van der Waals surface area contributed by atoms with Crippen molar-refractivity contribution in [3.8, 4) is 0 Å². The van der Waals surface area contributed by atoms with Gasteiger partial charge in [-0.2, -0.15) is 0 Å². The van der Waals surface area contributed by atoms with Crippen LogP contribution in [0.15, 0.2) is 9.98 Å². The van der Waals surface area contributed by atoms with Gasteiger partial charge in [-0.1, -0.05) is 0 Å². The number of hydrazine groups is 1. The van der Waals surface area contributed by atoms with E-state index >= 15 is 0 Å². The van der Waals surface area contributed by atoms with Crippen LogP contribution in [0, 0.1) is 0 Å². The highest BCUT2D eigenvalue weighted by atomic mass is 15.7. The largest absolute Gasteiger partial charge is 0.348 e. The number of hydrogen-bond acceptors (Lipinski definition) is 2. The third-order valence-electron chi connectivity index (χ3n) is 2.23. The Hall–Kier alpha value is -1.46. The maximum atomic E-state index is 4.24. The van der Waals surface area contributed by atoms with Gasteiger partial charge in [0.15, 0.2) is 0 Å². The highest BCUT2D eigenvalue weighted by molar-refractivity contribution is 5.85.